The van der Waals surface area contributed by atoms with Crippen molar-refractivity contribution in [3.05, 3.63) is 11.3 Å². The first kappa shape index (κ1) is 16.6. The molecule has 0 amide bonds. The molecule has 2 N–H and O–H groups in total. The van der Waals surface area contributed by atoms with Gasteiger partial charge in [-0.15, -0.1) is 0 Å². The van der Waals surface area contributed by atoms with Gasteiger partial charge in [0.15, 0.2) is 0 Å². The Labute approximate surface area is 145 Å². The zero-order valence-corrected chi connectivity index (χ0v) is 15.3. The van der Waals surface area contributed by atoms with Crippen molar-refractivity contribution >= 4 is 5.78 Å². The van der Waals surface area contributed by atoms with Crippen LogP contribution in [0.5, 0.6) is 0 Å². The van der Waals surface area contributed by atoms with Gasteiger partial charge in [0, 0.05) is 12.3 Å². The zero-order chi connectivity index (χ0) is 17.3. The molecule has 0 aliphatic heterocycles. The van der Waals surface area contributed by atoms with Gasteiger partial charge in [-0.05, 0) is 86.0 Å². The SMILES string of the molecule is CC(=O)C1CCC2C3CC(O)=C4CC(O)CCC4(C)C3CCC12C. The molecule has 7 unspecified atom stereocenters. The van der Waals surface area contributed by atoms with Crippen molar-refractivity contribution in [3.63, 3.8) is 0 Å². The Morgan fingerprint density at radius 3 is 2.50 bits per heavy atom. The smallest absolute Gasteiger partial charge is 0.133 e. The van der Waals surface area contributed by atoms with Gasteiger partial charge in [0.25, 0.3) is 0 Å². The van der Waals surface area contributed by atoms with Crippen LogP contribution in [-0.2, 0) is 4.79 Å². The number of hydrogen-bond acceptors (Lipinski definition) is 3. The highest BCUT2D eigenvalue weighted by Crippen LogP contribution is 2.67. The number of carbonyl (C=O) groups excluding carboxylic acids is 1. The third-order valence-electron chi connectivity index (χ3n) is 8.65. The van der Waals surface area contributed by atoms with E-state index in [9.17, 15) is 15.0 Å². The Bertz CT molecular complexity index is 594. The molecule has 0 saturated heterocycles. The molecule has 0 radical (unpaired) electrons. The molecule has 3 saturated carbocycles. The second-order valence-electron chi connectivity index (χ2n) is 9.61. The minimum atomic E-state index is -0.283. The number of aliphatic hydroxyl groups excluding tert-OH is 2. The van der Waals surface area contributed by atoms with Crippen LogP contribution in [0.2, 0.25) is 0 Å². The second-order valence-corrected chi connectivity index (χ2v) is 9.61. The summed E-state index contributed by atoms with van der Waals surface area (Å²) in [5.41, 5.74) is 1.34. The lowest BCUT2D eigenvalue weighted by Gasteiger charge is -2.58. The van der Waals surface area contributed by atoms with Gasteiger partial charge in [-0.1, -0.05) is 13.8 Å². The maximum Gasteiger partial charge on any atom is 0.133 e. The van der Waals surface area contributed by atoms with Gasteiger partial charge in [0.1, 0.15) is 5.78 Å². The standard InChI is InChI=1S/C21H32O3/c1-12(22)15-4-5-16-14-11-19(24)18-10-13(23)6-8-21(18,3)17(14)7-9-20(15,16)2/h13-17,23-24H,4-11H2,1-3H3. The number of ketones is 1. The number of aliphatic hydroxyl groups is 2. The Balaban J connectivity index is 1.71. The predicted molar refractivity (Wildman–Crippen MR) is 93.5 cm³/mol. The first-order chi connectivity index (χ1) is 11.3. The van der Waals surface area contributed by atoms with Crippen molar-refractivity contribution < 1.29 is 15.0 Å². The molecule has 3 heteroatoms. The molecule has 0 bridgehead atoms. The highest BCUT2D eigenvalue weighted by Gasteiger charge is 2.60. The molecule has 0 heterocycles. The van der Waals surface area contributed by atoms with E-state index in [0.29, 0.717) is 35.7 Å². The molecule has 134 valence electrons. The molecule has 0 aromatic heterocycles. The molecule has 4 aliphatic rings. The Hall–Kier alpha value is -0.830. The molecule has 4 aliphatic carbocycles. The molecule has 0 spiro atoms. The van der Waals surface area contributed by atoms with Crippen molar-refractivity contribution in [1.29, 1.82) is 0 Å². The minimum absolute atomic E-state index is 0.0574. The second kappa shape index (κ2) is 5.33. The average Bonchev–Trinajstić information content (AvgIpc) is 2.87. The van der Waals surface area contributed by atoms with Gasteiger partial charge in [-0.25, -0.2) is 0 Å². The van der Waals surface area contributed by atoms with Gasteiger partial charge in [-0.2, -0.15) is 0 Å². The van der Waals surface area contributed by atoms with E-state index < -0.39 is 0 Å². The van der Waals surface area contributed by atoms with Gasteiger partial charge in [-0.3, -0.25) is 4.79 Å². The van der Waals surface area contributed by atoms with E-state index in [1.54, 1.807) is 6.92 Å². The van der Waals surface area contributed by atoms with Gasteiger partial charge >= 0.3 is 0 Å². The van der Waals surface area contributed by atoms with Crippen LogP contribution >= 0.6 is 0 Å². The van der Waals surface area contributed by atoms with E-state index in [1.807, 2.05) is 0 Å². The molecule has 4 rings (SSSR count). The highest BCUT2D eigenvalue weighted by atomic mass is 16.3. The molecular weight excluding hydrogens is 300 g/mol. The van der Waals surface area contributed by atoms with Gasteiger partial charge in [0.2, 0.25) is 0 Å². The van der Waals surface area contributed by atoms with Crippen LogP contribution in [0.25, 0.3) is 0 Å². The van der Waals surface area contributed by atoms with E-state index in [1.165, 1.54) is 6.42 Å². The fraction of sp³-hybridized carbons (Fsp3) is 0.857. The maximum atomic E-state index is 12.2. The van der Waals surface area contributed by atoms with Crippen LogP contribution in [-0.4, -0.2) is 22.1 Å². The van der Waals surface area contributed by atoms with Crippen molar-refractivity contribution in [2.75, 3.05) is 0 Å². The number of Topliss-reactive ketones (excluding diaryl/α,β-unsaturated/α-hetero) is 1. The van der Waals surface area contributed by atoms with Crippen LogP contribution in [0, 0.1) is 34.5 Å². The largest absolute Gasteiger partial charge is 0.512 e. The highest BCUT2D eigenvalue weighted by molar-refractivity contribution is 5.79. The summed E-state index contributed by atoms with van der Waals surface area (Å²) >= 11 is 0. The fourth-order valence-electron chi connectivity index (χ4n) is 7.42. The van der Waals surface area contributed by atoms with E-state index >= 15 is 0 Å². The summed E-state index contributed by atoms with van der Waals surface area (Å²) in [5, 5.41) is 20.9. The molecule has 0 aromatic rings. The molecule has 24 heavy (non-hydrogen) atoms. The monoisotopic (exact) mass is 332 g/mol. The summed E-state index contributed by atoms with van der Waals surface area (Å²) in [7, 11) is 0. The van der Waals surface area contributed by atoms with E-state index in [-0.39, 0.29) is 22.9 Å². The molecule has 0 aromatic carbocycles. The summed E-state index contributed by atoms with van der Waals surface area (Å²) < 4.78 is 0. The summed E-state index contributed by atoms with van der Waals surface area (Å²) in [6, 6.07) is 0. The van der Waals surface area contributed by atoms with Crippen LogP contribution < -0.4 is 0 Å². The van der Waals surface area contributed by atoms with Gasteiger partial charge in [0.05, 0.1) is 11.9 Å². The Morgan fingerprint density at radius 1 is 1.04 bits per heavy atom. The minimum Gasteiger partial charge on any atom is -0.512 e. The van der Waals surface area contributed by atoms with Crippen molar-refractivity contribution in [2.24, 2.45) is 34.5 Å². The lowest BCUT2D eigenvalue weighted by molar-refractivity contribution is -0.127. The zero-order valence-electron chi connectivity index (χ0n) is 15.3. The first-order valence-corrected chi connectivity index (χ1v) is 9.87. The van der Waals surface area contributed by atoms with Crippen molar-refractivity contribution in [3.8, 4) is 0 Å². The summed E-state index contributed by atoms with van der Waals surface area (Å²) in [4.78, 5) is 12.2. The normalized spacial score (nSPS) is 50.9. The van der Waals surface area contributed by atoms with Crippen LogP contribution in [0.15, 0.2) is 11.3 Å². The van der Waals surface area contributed by atoms with Crippen LogP contribution in [0.1, 0.15) is 72.1 Å². The fourth-order valence-corrected chi connectivity index (χ4v) is 7.42. The Kier molecular flexibility index (Phi) is 3.69. The molecular formula is C21H32O3. The van der Waals surface area contributed by atoms with Crippen LogP contribution in [0.3, 0.4) is 0 Å². The maximum absolute atomic E-state index is 12.2. The summed E-state index contributed by atoms with van der Waals surface area (Å²) in [6.07, 6.45) is 7.49. The number of rotatable bonds is 1. The quantitative estimate of drug-likeness (QED) is 0.748. The predicted octanol–water partition coefficient (Wildman–Crippen LogP) is 4.40. The topological polar surface area (TPSA) is 57.5 Å². The summed E-state index contributed by atoms with van der Waals surface area (Å²) in [6.45, 7) is 6.45. The van der Waals surface area contributed by atoms with E-state index in [4.69, 9.17) is 0 Å². The van der Waals surface area contributed by atoms with Crippen molar-refractivity contribution in [1.82, 2.24) is 0 Å². The average molecular weight is 332 g/mol. The van der Waals surface area contributed by atoms with E-state index in [2.05, 4.69) is 13.8 Å². The third-order valence-corrected chi connectivity index (χ3v) is 8.65. The molecule has 3 fully saturated rings. The van der Waals surface area contributed by atoms with Crippen molar-refractivity contribution in [2.45, 2.75) is 78.2 Å². The van der Waals surface area contributed by atoms with Gasteiger partial charge < -0.3 is 10.2 Å². The number of carbonyl (C=O) groups is 1. The molecule has 3 nitrogen and oxygen atoms in total. The first-order valence-electron chi connectivity index (χ1n) is 9.87. The van der Waals surface area contributed by atoms with E-state index in [0.717, 1.165) is 44.1 Å². The number of fused-ring (bicyclic) bond motifs is 5. The summed E-state index contributed by atoms with van der Waals surface area (Å²) in [5.74, 6) is 2.83. The molecule has 7 atom stereocenters. The lowest BCUT2D eigenvalue weighted by Crippen LogP contribution is -2.51. The third kappa shape index (κ3) is 2.09. The van der Waals surface area contributed by atoms with Crippen LogP contribution in [0.4, 0.5) is 0 Å². The Morgan fingerprint density at radius 2 is 1.79 bits per heavy atom. The lowest BCUT2D eigenvalue weighted by atomic mass is 9.47. The number of allylic oxidation sites excluding steroid dienone is 1. The number of hydrogen-bond donors (Lipinski definition) is 2.